The van der Waals surface area contributed by atoms with Gasteiger partial charge in [0.1, 0.15) is 12.1 Å². The summed E-state index contributed by atoms with van der Waals surface area (Å²) in [5.41, 5.74) is 0.672. The Morgan fingerprint density at radius 3 is 3.10 bits per heavy atom. The van der Waals surface area contributed by atoms with Crippen molar-refractivity contribution in [1.29, 1.82) is 0 Å². The summed E-state index contributed by atoms with van der Waals surface area (Å²) in [7, 11) is 1.95. The highest BCUT2D eigenvalue weighted by Gasteiger charge is 2.23. The van der Waals surface area contributed by atoms with Crippen LogP contribution in [0.3, 0.4) is 0 Å². The number of nitrogens with one attached hydrogen (secondary N) is 1. The second-order valence-corrected chi connectivity index (χ2v) is 5.25. The molecule has 110 valence electrons. The van der Waals surface area contributed by atoms with Crippen LogP contribution in [0.2, 0.25) is 0 Å². The molecule has 1 fully saturated rings. The van der Waals surface area contributed by atoms with Crippen LogP contribution in [0, 0.1) is 0 Å². The van der Waals surface area contributed by atoms with Gasteiger partial charge in [0.05, 0.1) is 0 Å². The number of rotatable bonds is 3. The SMILES string of the molecule is CN[C@H]1CCCN(C(=O)c2ccnc(-n3ccnc3)c2)C1. The molecule has 1 aliphatic heterocycles. The molecule has 1 atom stereocenters. The molecule has 6 nitrogen and oxygen atoms in total. The summed E-state index contributed by atoms with van der Waals surface area (Å²) >= 11 is 0. The fraction of sp³-hybridized carbons (Fsp3) is 0.400. The summed E-state index contributed by atoms with van der Waals surface area (Å²) in [6.07, 6.45) is 9.01. The number of likely N-dealkylation sites (N-methyl/N-ethyl adjacent to an activating group) is 1. The van der Waals surface area contributed by atoms with E-state index in [9.17, 15) is 4.79 Å². The Bertz CT molecular complexity index is 610. The summed E-state index contributed by atoms with van der Waals surface area (Å²) in [4.78, 5) is 22.8. The molecular weight excluding hydrogens is 266 g/mol. The predicted octanol–water partition coefficient (Wildman–Crippen LogP) is 1.09. The monoisotopic (exact) mass is 285 g/mol. The molecule has 1 amide bonds. The minimum absolute atomic E-state index is 0.0683. The number of hydrogen-bond acceptors (Lipinski definition) is 4. The van der Waals surface area contributed by atoms with Gasteiger partial charge in [0.25, 0.3) is 5.91 Å². The van der Waals surface area contributed by atoms with Crippen LogP contribution in [0.1, 0.15) is 23.2 Å². The molecule has 3 rings (SSSR count). The first-order valence-corrected chi connectivity index (χ1v) is 7.19. The third-order valence-electron chi connectivity index (χ3n) is 3.88. The quantitative estimate of drug-likeness (QED) is 0.917. The molecule has 1 aliphatic rings. The van der Waals surface area contributed by atoms with Crippen LogP contribution < -0.4 is 5.32 Å². The first-order valence-electron chi connectivity index (χ1n) is 7.19. The number of imidazole rings is 1. The number of hydrogen-bond donors (Lipinski definition) is 1. The zero-order valence-corrected chi connectivity index (χ0v) is 12.1. The number of carbonyl (C=O) groups is 1. The normalized spacial score (nSPS) is 18.7. The average molecular weight is 285 g/mol. The molecule has 0 spiro atoms. The molecule has 0 saturated carbocycles. The van der Waals surface area contributed by atoms with E-state index in [-0.39, 0.29) is 5.91 Å². The van der Waals surface area contributed by atoms with Gasteiger partial charge in [-0.25, -0.2) is 9.97 Å². The lowest BCUT2D eigenvalue weighted by Crippen LogP contribution is -2.46. The molecule has 21 heavy (non-hydrogen) atoms. The van der Waals surface area contributed by atoms with Gasteiger partial charge in [-0.2, -0.15) is 0 Å². The lowest BCUT2D eigenvalue weighted by Gasteiger charge is -2.32. The van der Waals surface area contributed by atoms with Crippen LogP contribution >= 0.6 is 0 Å². The summed E-state index contributed by atoms with van der Waals surface area (Å²) in [5.74, 6) is 0.777. The fourth-order valence-corrected chi connectivity index (χ4v) is 2.67. The lowest BCUT2D eigenvalue weighted by atomic mass is 10.0. The standard InChI is InChI=1S/C15H19N5O/c1-16-13-3-2-7-19(10-13)15(21)12-4-5-18-14(9-12)20-8-6-17-11-20/h4-6,8-9,11,13,16H,2-3,7,10H2,1H3/t13-/m0/s1. The molecule has 0 aromatic carbocycles. The van der Waals surface area contributed by atoms with E-state index in [2.05, 4.69) is 15.3 Å². The van der Waals surface area contributed by atoms with Gasteiger partial charge in [0, 0.05) is 43.3 Å². The molecular formula is C15H19N5O. The average Bonchev–Trinajstić information content (AvgIpc) is 3.09. The van der Waals surface area contributed by atoms with Gasteiger partial charge in [-0.3, -0.25) is 9.36 Å². The number of carbonyl (C=O) groups excluding carboxylic acids is 1. The molecule has 6 heteroatoms. The molecule has 0 unspecified atom stereocenters. The van der Waals surface area contributed by atoms with Crippen molar-refractivity contribution < 1.29 is 4.79 Å². The van der Waals surface area contributed by atoms with Gasteiger partial charge in [-0.15, -0.1) is 0 Å². The number of pyridine rings is 1. The van der Waals surface area contributed by atoms with Crippen LogP contribution in [0.25, 0.3) is 5.82 Å². The van der Waals surface area contributed by atoms with Crippen molar-refractivity contribution in [3.05, 3.63) is 42.6 Å². The number of piperidine rings is 1. The minimum atomic E-state index is 0.0683. The van der Waals surface area contributed by atoms with E-state index in [0.29, 0.717) is 17.4 Å². The van der Waals surface area contributed by atoms with Crippen molar-refractivity contribution >= 4 is 5.91 Å². The Kier molecular flexibility index (Phi) is 3.96. The van der Waals surface area contributed by atoms with Gasteiger partial charge < -0.3 is 10.2 Å². The smallest absolute Gasteiger partial charge is 0.254 e. The second-order valence-electron chi connectivity index (χ2n) is 5.25. The topological polar surface area (TPSA) is 63.1 Å². The first-order chi connectivity index (χ1) is 10.3. The molecule has 0 aliphatic carbocycles. The molecule has 0 bridgehead atoms. The van der Waals surface area contributed by atoms with Crippen LogP contribution in [0.15, 0.2) is 37.1 Å². The van der Waals surface area contributed by atoms with Crippen LogP contribution in [0.4, 0.5) is 0 Å². The Morgan fingerprint density at radius 2 is 2.33 bits per heavy atom. The van der Waals surface area contributed by atoms with Crippen LogP contribution in [0.5, 0.6) is 0 Å². The van der Waals surface area contributed by atoms with Gasteiger partial charge in [-0.1, -0.05) is 0 Å². The van der Waals surface area contributed by atoms with E-state index < -0.39 is 0 Å². The maximum Gasteiger partial charge on any atom is 0.254 e. The molecule has 1 N–H and O–H groups in total. The minimum Gasteiger partial charge on any atom is -0.337 e. The van der Waals surface area contributed by atoms with Gasteiger partial charge in [0.15, 0.2) is 0 Å². The fourth-order valence-electron chi connectivity index (χ4n) is 2.67. The Labute approximate surface area is 123 Å². The molecule has 2 aromatic heterocycles. The Morgan fingerprint density at radius 1 is 1.43 bits per heavy atom. The van der Waals surface area contributed by atoms with E-state index in [4.69, 9.17) is 0 Å². The van der Waals surface area contributed by atoms with Crippen molar-refractivity contribution in [2.24, 2.45) is 0 Å². The zero-order valence-electron chi connectivity index (χ0n) is 12.1. The number of nitrogens with zero attached hydrogens (tertiary/aromatic N) is 4. The highest BCUT2D eigenvalue weighted by molar-refractivity contribution is 5.94. The van der Waals surface area contributed by atoms with E-state index >= 15 is 0 Å². The summed E-state index contributed by atoms with van der Waals surface area (Å²) < 4.78 is 1.80. The van der Waals surface area contributed by atoms with E-state index in [1.807, 2.05) is 24.2 Å². The third kappa shape index (κ3) is 2.95. The third-order valence-corrected chi connectivity index (χ3v) is 3.88. The van der Waals surface area contributed by atoms with E-state index in [0.717, 1.165) is 25.9 Å². The summed E-state index contributed by atoms with van der Waals surface area (Å²) in [6.45, 7) is 1.58. The molecule has 3 heterocycles. The van der Waals surface area contributed by atoms with Crippen molar-refractivity contribution in [3.8, 4) is 5.82 Å². The Balaban J connectivity index is 1.80. The second kappa shape index (κ2) is 6.05. The number of amides is 1. The zero-order chi connectivity index (χ0) is 14.7. The van der Waals surface area contributed by atoms with Gasteiger partial charge >= 0.3 is 0 Å². The van der Waals surface area contributed by atoms with Crippen molar-refractivity contribution in [2.45, 2.75) is 18.9 Å². The van der Waals surface area contributed by atoms with E-state index in [1.165, 1.54) is 0 Å². The lowest BCUT2D eigenvalue weighted by molar-refractivity contribution is 0.0698. The summed E-state index contributed by atoms with van der Waals surface area (Å²) in [6, 6.07) is 3.97. The first kappa shape index (κ1) is 13.8. The molecule has 2 aromatic rings. The summed E-state index contributed by atoms with van der Waals surface area (Å²) in [5, 5.41) is 3.26. The predicted molar refractivity (Wildman–Crippen MR) is 79.3 cm³/mol. The number of aromatic nitrogens is 3. The molecule has 0 radical (unpaired) electrons. The Hall–Kier alpha value is -2.21. The van der Waals surface area contributed by atoms with Crippen molar-refractivity contribution in [2.75, 3.05) is 20.1 Å². The van der Waals surface area contributed by atoms with Crippen molar-refractivity contribution in [1.82, 2.24) is 24.8 Å². The van der Waals surface area contributed by atoms with E-state index in [1.54, 1.807) is 29.4 Å². The highest BCUT2D eigenvalue weighted by Crippen LogP contribution is 2.15. The highest BCUT2D eigenvalue weighted by atomic mass is 16.2. The van der Waals surface area contributed by atoms with Crippen LogP contribution in [-0.2, 0) is 0 Å². The van der Waals surface area contributed by atoms with Gasteiger partial charge in [-0.05, 0) is 32.0 Å². The van der Waals surface area contributed by atoms with Crippen LogP contribution in [-0.4, -0.2) is 51.5 Å². The number of likely N-dealkylation sites (tertiary alicyclic amines) is 1. The van der Waals surface area contributed by atoms with Crippen molar-refractivity contribution in [3.63, 3.8) is 0 Å². The van der Waals surface area contributed by atoms with Gasteiger partial charge in [0.2, 0.25) is 0 Å². The largest absolute Gasteiger partial charge is 0.337 e. The maximum absolute atomic E-state index is 12.6. The molecule has 1 saturated heterocycles. The maximum atomic E-state index is 12.6.